The van der Waals surface area contributed by atoms with Crippen LogP contribution in [0.15, 0.2) is 12.2 Å². The molecule has 0 amide bonds. The van der Waals surface area contributed by atoms with E-state index in [1.54, 1.807) is 20.8 Å². The lowest BCUT2D eigenvalue weighted by atomic mass is 10.2. The average molecular weight is 226 g/mol. The van der Waals surface area contributed by atoms with Crippen molar-refractivity contribution in [3.8, 4) is 0 Å². The number of esters is 1. The summed E-state index contributed by atoms with van der Waals surface area (Å²) in [6.07, 6.45) is 3.11. The highest BCUT2D eigenvalue weighted by Crippen LogP contribution is 2.28. The molecule has 0 bridgehead atoms. The lowest BCUT2D eigenvalue weighted by Crippen LogP contribution is -2.11. The van der Waals surface area contributed by atoms with Crippen molar-refractivity contribution >= 4 is 11.8 Å². The number of ketones is 1. The highest BCUT2D eigenvalue weighted by Gasteiger charge is 2.32. The van der Waals surface area contributed by atoms with Crippen LogP contribution in [0.5, 0.6) is 0 Å². The molecule has 1 aliphatic carbocycles. The third kappa shape index (κ3) is 7.21. The molecule has 1 atom stereocenters. The number of hydrogen-bond donors (Lipinski definition) is 0. The molecule has 3 nitrogen and oxygen atoms in total. The van der Waals surface area contributed by atoms with E-state index in [1.165, 1.54) is 0 Å². The quantitative estimate of drug-likeness (QED) is 0.547. The minimum atomic E-state index is -0.315. The van der Waals surface area contributed by atoms with E-state index < -0.39 is 0 Å². The third-order valence-electron chi connectivity index (χ3n) is 2.07. The first kappa shape index (κ1) is 14.9. The van der Waals surface area contributed by atoms with E-state index in [9.17, 15) is 9.59 Å². The summed E-state index contributed by atoms with van der Waals surface area (Å²) >= 11 is 0. The van der Waals surface area contributed by atoms with Crippen LogP contribution in [0.4, 0.5) is 0 Å². The van der Waals surface area contributed by atoms with Crippen molar-refractivity contribution in [2.24, 2.45) is 5.92 Å². The highest BCUT2D eigenvalue weighted by atomic mass is 16.5. The Labute approximate surface area is 97.9 Å². The fourth-order valence-electron chi connectivity index (χ4n) is 1.11. The second-order valence-corrected chi connectivity index (χ2v) is 4.39. The molecular formula is C13H22O3. The van der Waals surface area contributed by atoms with Crippen molar-refractivity contribution in [2.45, 2.75) is 53.1 Å². The van der Waals surface area contributed by atoms with Gasteiger partial charge in [-0.05, 0) is 27.2 Å². The van der Waals surface area contributed by atoms with Gasteiger partial charge in [-0.1, -0.05) is 19.9 Å². The maximum absolute atomic E-state index is 10.6. The number of carbonyl (C=O) groups is 2. The molecule has 0 aromatic heterocycles. The number of hydrogen-bond acceptors (Lipinski definition) is 3. The normalized spacial score (nSPS) is 17.6. The summed E-state index contributed by atoms with van der Waals surface area (Å²) in [5.74, 6) is 0.636. The SMILES string of the molecule is C=C(C)C(=O)OC(C)C.CCCC1CC1=O. The van der Waals surface area contributed by atoms with Crippen molar-refractivity contribution < 1.29 is 14.3 Å². The van der Waals surface area contributed by atoms with Gasteiger partial charge in [-0.15, -0.1) is 0 Å². The van der Waals surface area contributed by atoms with Crippen LogP contribution in [-0.4, -0.2) is 17.9 Å². The Morgan fingerprint density at radius 2 is 2.06 bits per heavy atom. The first-order valence-corrected chi connectivity index (χ1v) is 5.77. The van der Waals surface area contributed by atoms with Gasteiger partial charge < -0.3 is 4.74 Å². The van der Waals surface area contributed by atoms with Crippen LogP contribution in [-0.2, 0) is 14.3 Å². The Bertz CT molecular complexity index is 266. The van der Waals surface area contributed by atoms with Crippen LogP contribution in [0.3, 0.4) is 0 Å². The van der Waals surface area contributed by atoms with Crippen molar-refractivity contribution in [1.82, 2.24) is 0 Å². The summed E-state index contributed by atoms with van der Waals surface area (Å²) in [7, 11) is 0. The summed E-state index contributed by atoms with van der Waals surface area (Å²) in [6.45, 7) is 10.8. The molecule has 1 rings (SSSR count). The van der Waals surface area contributed by atoms with Crippen LogP contribution in [0, 0.1) is 5.92 Å². The van der Waals surface area contributed by atoms with Gasteiger partial charge in [0, 0.05) is 17.9 Å². The monoisotopic (exact) mass is 226 g/mol. The first-order valence-electron chi connectivity index (χ1n) is 5.77. The number of rotatable bonds is 4. The Kier molecular flexibility index (Phi) is 6.70. The zero-order valence-corrected chi connectivity index (χ0v) is 10.7. The zero-order valence-electron chi connectivity index (χ0n) is 10.7. The predicted molar refractivity (Wildman–Crippen MR) is 64.1 cm³/mol. The topological polar surface area (TPSA) is 43.4 Å². The number of ether oxygens (including phenoxy) is 1. The number of Topliss-reactive ketones (excluding diaryl/α,β-unsaturated/α-hetero) is 1. The van der Waals surface area contributed by atoms with Gasteiger partial charge >= 0.3 is 5.97 Å². The van der Waals surface area contributed by atoms with E-state index in [0.29, 0.717) is 17.3 Å². The minimum absolute atomic E-state index is 0.0470. The van der Waals surface area contributed by atoms with Crippen LogP contribution >= 0.6 is 0 Å². The first-order chi connectivity index (χ1) is 7.38. The summed E-state index contributed by atoms with van der Waals surface area (Å²) in [6, 6.07) is 0. The molecule has 16 heavy (non-hydrogen) atoms. The van der Waals surface area contributed by atoms with E-state index in [-0.39, 0.29) is 12.1 Å². The van der Waals surface area contributed by atoms with Crippen molar-refractivity contribution in [2.75, 3.05) is 0 Å². The van der Waals surface area contributed by atoms with Gasteiger partial charge in [0.1, 0.15) is 5.78 Å². The molecule has 0 saturated heterocycles. The second-order valence-electron chi connectivity index (χ2n) is 4.39. The average Bonchev–Trinajstić information content (AvgIpc) is 2.82. The molecule has 0 aliphatic heterocycles. The van der Waals surface area contributed by atoms with Crippen LogP contribution in [0.2, 0.25) is 0 Å². The third-order valence-corrected chi connectivity index (χ3v) is 2.07. The summed E-state index contributed by atoms with van der Waals surface area (Å²) in [5, 5.41) is 0. The molecule has 3 heteroatoms. The molecule has 1 saturated carbocycles. The fourth-order valence-corrected chi connectivity index (χ4v) is 1.11. The zero-order chi connectivity index (χ0) is 12.7. The Morgan fingerprint density at radius 1 is 1.56 bits per heavy atom. The van der Waals surface area contributed by atoms with Gasteiger partial charge in [-0.25, -0.2) is 4.79 Å². The van der Waals surface area contributed by atoms with E-state index in [1.807, 2.05) is 0 Å². The Morgan fingerprint density at radius 3 is 2.19 bits per heavy atom. The summed E-state index contributed by atoms with van der Waals surface area (Å²) in [4.78, 5) is 20.9. The van der Waals surface area contributed by atoms with Crippen molar-refractivity contribution in [1.29, 1.82) is 0 Å². The van der Waals surface area contributed by atoms with E-state index in [0.717, 1.165) is 19.3 Å². The van der Waals surface area contributed by atoms with E-state index >= 15 is 0 Å². The molecule has 0 aromatic carbocycles. The lowest BCUT2D eigenvalue weighted by Gasteiger charge is -2.05. The van der Waals surface area contributed by atoms with Gasteiger partial charge in [0.15, 0.2) is 0 Å². The molecule has 92 valence electrons. The molecule has 0 spiro atoms. The molecule has 1 fully saturated rings. The fraction of sp³-hybridized carbons (Fsp3) is 0.692. The molecule has 1 aliphatic rings. The maximum Gasteiger partial charge on any atom is 0.333 e. The summed E-state index contributed by atoms with van der Waals surface area (Å²) < 4.78 is 4.77. The smallest absolute Gasteiger partial charge is 0.333 e. The molecule has 1 unspecified atom stereocenters. The highest BCUT2D eigenvalue weighted by molar-refractivity contribution is 5.95. The summed E-state index contributed by atoms with van der Waals surface area (Å²) in [5.41, 5.74) is 0.448. The Balaban J connectivity index is 0.000000288. The van der Waals surface area contributed by atoms with Crippen LogP contribution in [0.25, 0.3) is 0 Å². The molecule has 0 radical (unpaired) electrons. The number of carbonyl (C=O) groups excluding carboxylic acids is 2. The Hall–Kier alpha value is -1.12. The van der Waals surface area contributed by atoms with Crippen molar-refractivity contribution in [3.05, 3.63) is 12.2 Å². The maximum atomic E-state index is 10.6. The predicted octanol–water partition coefficient (Wildman–Crippen LogP) is 2.89. The van der Waals surface area contributed by atoms with Crippen LogP contribution in [0.1, 0.15) is 47.0 Å². The molecular weight excluding hydrogens is 204 g/mol. The molecule has 0 heterocycles. The lowest BCUT2D eigenvalue weighted by molar-refractivity contribution is -0.142. The molecule has 0 aromatic rings. The van der Waals surface area contributed by atoms with E-state index in [4.69, 9.17) is 4.74 Å². The van der Waals surface area contributed by atoms with Gasteiger partial charge in [-0.3, -0.25) is 4.79 Å². The second kappa shape index (κ2) is 7.20. The molecule has 0 N–H and O–H groups in total. The van der Waals surface area contributed by atoms with Crippen molar-refractivity contribution in [3.63, 3.8) is 0 Å². The van der Waals surface area contributed by atoms with E-state index in [2.05, 4.69) is 13.5 Å². The van der Waals surface area contributed by atoms with Gasteiger partial charge in [0.2, 0.25) is 0 Å². The van der Waals surface area contributed by atoms with Crippen LogP contribution < -0.4 is 0 Å². The largest absolute Gasteiger partial charge is 0.460 e. The van der Waals surface area contributed by atoms with Gasteiger partial charge in [-0.2, -0.15) is 0 Å². The minimum Gasteiger partial charge on any atom is -0.460 e. The standard InChI is InChI=1S/C7H12O2.C6H10O/c1-5(2)7(8)9-6(3)4;1-2-3-5-4-6(5)7/h6H,1H2,2-4H3;5H,2-4H2,1H3. The van der Waals surface area contributed by atoms with Gasteiger partial charge in [0.05, 0.1) is 6.10 Å². The van der Waals surface area contributed by atoms with Gasteiger partial charge in [0.25, 0.3) is 0 Å².